The van der Waals surface area contributed by atoms with Crippen LogP contribution in [0, 0.1) is 6.92 Å². The standard InChI is InChI=1S/C24H40O5S/c1-4-5-6-7-8-9-10-11-12-13-14-15-16-23(24(25)28-3)29-30(26,27)22-19-17-21(2)18-20-22/h17-20,23H,4-16H2,1-3H3. The van der Waals surface area contributed by atoms with Gasteiger partial charge in [-0.05, 0) is 25.5 Å². The highest BCUT2D eigenvalue weighted by atomic mass is 32.2. The first-order valence-electron chi connectivity index (χ1n) is 11.5. The molecule has 1 rings (SSSR count). The van der Waals surface area contributed by atoms with Gasteiger partial charge in [-0.2, -0.15) is 8.42 Å². The second kappa shape index (κ2) is 15.4. The van der Waals surface area contributed by atoms with Gasteiger partial charge in [0.05, 0.1) is 12.0 Å². The fraction of sp³-hybridized carbons (Fsp3) is 0.708. The van der Waals surface area contributed by atoms with Crippen LogP contribution in [0.5, 0.6) is 0 Å². The van der Waals surface area contributed by atoms with E-state index in [1.165, 1.54) is 77.0 Å². The predicted octanol–water partition coefficient (Wildman–Crippen LogP) is 6.33. The van der Waals surface area contributed by atoms with Crippen LogP contribution < -0.4 is 0 Å². The monoisotopic (exact) mass is 440 g/mol. The first-order valence-corrected chi connectivity index (χ1v) is 12.9. The normalized spacial score (nSPS) is 12.6. The second-order valence-corrected chi connectivity index (χ2v) is 9.63. The summed E-state index contributed by atoms with van der Waals surface area (Å²) < 4.78 is 34.9. The van der Waals surface area contributed by atoms with Gasteiger partial charge in [-0.1, -0.05) is 102 Å². The van der Waals surface area contributed by atoms with E-state index >= 15 is 0 Å². The van der Waals surface area contributed by atoms with Gasteiger partial charge < -0.3 is 4.74 Å². The van der Waals surface area contributed by atoms with Crippen molar-refractivity contribution >= 4 is 16.1 Å². The number of ether oxygens (including phenoxy) is 1. The van der Waals surface area contributed by atoms with Gasteiger partial charge in [-0.3, -0.25) is 4.18 Å². The zero-order chi connectivity index (χ0) is 22.2. The van der Waals surface area contributed by atoms with Crippen LogP contribution in [-0.4, -0.2) is 27.6 Å². The van der Waals surface area contributed by atoms with E-state index in [2.05, 4.69) is 6.92 Å². The Morgan fingerprint density at radius 1 is 0.833 bits per heavy atom. The summed E-state index contributed by atoms with van der Waals surface area (Å²) in [6.45, 7) is 4.12. The van der Waals surface area contributed by atoms with Crippen LogP contribution in [0.1, 0.15) is 96.0 Å². The lowest BCUT2D eigenvalue weighted by Crippen LogP contribution is -2.28. The zero-order valence-corrected chi connectivity index (χ0v) is 19.8. The molecule has 0 saturated heterocycles. The van der Waals surface area contributed by atoms with Gasteiger partial charge in [-0.15, -0.1) is 0 Å². The average molecular weight is 441 g/mol. The molecule has 0 heterocycles. The fourth-order valence-corrected chi connectivity index (χ4v) is 4.48. The molecular formula is C24H40O5S. The number of carbonyl (C=O) groups is 1. The van der Waals surface area contributed by atoms with Crippen LogP contribution in [-0.2, 0) is 23.8 Å². The maximum absolute atomic E-state index is 12.5. The number of rotatable bonds is 17. The van der Waals surface area contributed by atoms with Crippen molar-refractivity contribution in [1.29, 1.82) is 0 Å². The minimum absolute atomic E-state index is 0.0525. The summed E-state index contributed by atoms with van der Waals surface area (Å²) >= 11 is 0. The van der Waals surface area contributed by atoms with Crippen LogP contribution in [0.2, 0.25) is 0 Å². The van der Waals surface area contributed by atoms with Crippen molar-refractivity contribution in [3.05, 3.63) is 29.8 Å². The number of aryl methyl sites for hydroxylation is 1. The summed E-state index contributed by atoms with van der Waals surface area (Å²) in [5.74, 6) is -0.645. The van der Waals surface area contributed by atoms with Gasteiger partial charge in [-0.25, -0.2) is 4.79 Å². The molecule has 5 nitrogen and oxygen atoms in total. The molecule has 0 aliphatic heterocycles. The van der Waals surface area contributed by atoms with E-state index < -0.39 is 22.2 Å². The largest absolute Gasteiger partial charge is 0.467 e. The molecule has 0 N–H and O–H groups in total. The van der Waals surface area contributed by atoms with E-state index in [1.54, 1.807) is 12.1 Å². The molecule has 1 unspecified atom stereocenters. The van der Waals surface area contributed by atoms with Crippen molar-refractivity contribution in [3.8, 4) is 0 Å². The van der Waals surface area contributed by atoms with Crippen molar-refractivity contribution in [3.63, 3.8) is 0 Å². The number of carbonyl (C=O) groups excluding carboxylic acids is 1. The number of benzene rings is 1. The quantitative estimate of drug-likeness (QED) is 0.161. The van der Waals surface area contributed by atoms with Crippen LogP contribution in [0.3, 0.4) is 0 Å². The van der Waals surface area contributed by atoms with Crippen molar-refractivity contribution in [1.82, 2.24) is 0 Å². The average Bonchev–Trinajstić information content (AvgIpc) is 2.73. The molecule has 1 aromatic rings. The number of hydrogen-bond acceptors (Lipinski definition) is 5. The number of unbranched alkanes of at least 4 members (excludes halogenated alkanes) is 11. The lowest BCUT2D eigenvalue weighted by Gasteiger charge is -2.15. The third kappa shape index (κ3) is 11.1. The topological polar surface area (TPSA) is 69.7 Å². The maximum atomic E-state index is 12.5. The minimum atomic E-state index is -4.00. The first kappa shape index (κ1) is 26.6. The van der Waals surface area contributed by atoms with Crippen LogP contribution in [0.25, 0.3) is 0 Å². The van der Waals surface area contributed by atoms with Gasteiger partial charge in [0, 0.05) is 0 Å². The molecule has 6 heteroatoms. The third-order valence-corrected chi connectivity index (χ3v) is 6.67. The number of esters is 1. The summed E-state index contributed by atoms with van der Waals surface area (Å²) in [5, 5.41) is 0. The molecule has 0 spiro atoms. The Morgan fingerprint density at radius 3 is 1.77 bits per heavy atom. The molecule has 0 fully saturated rings. The van der Waals surface area contributed by atoms with Crippen molar-refractivity contribution in [2.45, 2.75) is 108 Å². The SMILES string of the molecule is CCCCCCCCCCCCCCC(OS(=O)(=O)c1ccc(C)cc1)C(=O)OC. The van der Waals surface area contributed by atoms with Gasteiger partial charge in [0.2, 0.25) is 0 Å². The first-order chi connectivity index (χ1) is 14.4. The van der Waals surface area contributed by atoms with Gasteiger partial charge in [0.15, 0.2) is 6.10 Å². The molecule has 0 radical (unpaired) electrons. The molecule has 172 valence electrons. The van der Waals surface area contributed by atoms with E-state index in [9.17, 15) is 13.2 Å². The van der Waals surface area contributed by atoms with Crippen LogP contribution in [0.15, 0.2) is 29.2 Å². The van der Waals surface area contributed by atoms with Crippen molar-refractivity contribution in [2.75, 3.05) is 7.11 Å². The highest BCUT2D eigenvalue weighted by Gasteiger charge is 2.27. The zero-order valence-electron chi connectivity index (χ0n) is 19.0. The van der Waals surface area contributed by atoms with Crippen molar-refractivity contribution < 1.29 is 22.1 Å². The summed E-state index contributed by atoms with van der Waals surface area (Å²) in [7, 11) is -2.75. The highest BCUT2D eigenvalue weighted by Crippen LogP contribution is 2.19. The van der Waals surface area contributed by atoms with Crippen LogP contribution >= 0.6 is 0 Å². The minimum Gasteiger partial charge on any atom is -0.467 e. The molecule has 0 aromatic heterocycles. The number of hydrogen-bond donors (Lipinski definition) is 0. The van der Waals surface area contributed by atoms with E-state index in [4.69, 9.17) is 8.92 Å². The summed E-state index contributed by atoms with van der Waals surface area (Å²) in [6, 6.07) is 6.38. The Bertz CT molecular complexity index is 682. The second-order valence-electron chi connectivity index (χ2n) is 8.05. The lowest BCUT2D eigenvalue weighted by molar-refractivity contribution is -0.149. The molecule has 1 atom stereocenters. The third-order valence-electron chi connectivity index (χ3n) is 5.34. The molecular weight excluding hydrogens is 400 g/mol. The van der Waals surface area contributed by atoms with Gasteiger partial charge in [0.1, 0.15) is 0 Å². The Kier molecular flexibility index (Phi) is 13.7. The molecule has 0 bridgehead atoms. The van der Waals surface area contributed by atoms with E-state index in [0.29, 0.717) is 6.42 Å². The molecule has 1 aromatic carbocycles. The Hall–Kier alpha value is -1.40. The molecule has 30 heavy (non-hydrogen) atoms. The predicted molar refractivity (Wildman–Crippen MR) is 121 cm³/mol. The molecule has 0 aliphatic carbocycles. The van der Waals surface area contributed by atoms with E-state index in [1.807, 2.05) is 6.92 Å². The van der Waals surface area contributed by atoms with E-state index in [-0.39, 0.29) is 4.90 Å². The lowest BCUT2D eigenvalue weighted by atomic mass is 10.0. The van der Waals surface area contributed by atoms with Gasteiger partial charge in [0.25, 0.3) is 10.1 Å². The van der Waals surface area contributed by atoms with Gasteiger partial charge >= 0.3 is 5.97 Å². The number of methoxy groups -OCH3 is 1. The summed E-state index contributed by atoms with van der Waals surface area (Å²) in [5.41, 5.74) is 0.954. The summed E-state index contributed by atoms with van der Waals surface area (Å²) in [4.78, 5) is 12.0. The Morgan fingerprint density at radius 2 is 1.30 bits per heavy atom. The molecule has 0 saturated carbocycles. The van der Waals surface area contributed by atoms with Crippen molar-refractivity contribution in [2.24, 2.45) is 0 Å². The van der Waals surface area contributed by atoms with Crippen LogP contribution in [0.4, 0.5) is 0 Å². The highest BCUT2D eigenvalue weighted by molar-refractivity contribution is 7.86. The fourth-order valence-electron chi connectivity index (χ4n) is 3.42. The smallest absolute Gasteiger partial charge is 0.336 e. The van der Waals surface area contributed by atoms with E-state index in [0.717, 1.165) is 24.8 Å². The summed E-state index contributed by atoms with van der Waals surface area (Å²) in [6.07, 6.45) is 13.8. The molecule has 0 aliphatic rings. The Balaban J connectivity index is 2.29. The molecule has 0 amide bonds. The maximum Gasteiger partial charge on any atom is 0.336 e. The Labute approximate surface area is 183 Å².